The second-order valence-electron chi connectivity index (χ2n) is 14.3. The number of nitrogens with zero attached hydrogens (tertiary/aromatic N) is 5. The van der Waals surface area contributed by atoms with Crippen LogP contribution in [0, 0.1) is 6.92 Å². The minimum absolute atomic E-state index is 0.0103. The zero-order valence-corrected chi connectivity index (χ0v) is 29.0. The van der Waals surface area contributed by atoms with Crippen LogP contribution in [-0.4, -0.2) is 21.2 Å². The Bertz CT molecular complexity index is 2350. The van der Waals surface area contributed by atoms with E-state index in [-0.39, 0.29) is 5.41 Å². The highest BCUT2D eigenvalue weighted by molar-refractivity contribution is 6.09. The number of para-hydroxylation sites is 3. The normalized spacial score (nSPS) is 13.1. The molecule has 0 radical (unpaired) electrons. The first kappa shape index (κ1) is 30.7. The molecule has 6 heteroatoms. The van der Waals surface area contributed by atoms with Crippen LogP contribution in [0.3, 0.4) is 0 Å². The molecule has 0 bridgehead atoms. The molecule has 0 aliphatic carbocycles. The third kappa shape index (κ3) is 5.47. The molecule has 1 aliphatic heterocycles. The van der Waals surface area contributed by atoms with Crippen LogP contribution in [0.15, 0.2) is 122 Å². The minimum Gasteiger partial charge on any atom is -0.457 e. The minimum atomic E-state index is 0.0103. The molecule has 244 valence electrons. The molecule has 0 atom stereocenters. The smallest absolute Gasteiger partial charge is 0.137 e. The first-order chi connectivity index (χ1) is 23.7. The first-order valence-corrected chi connectivity index (χ1v) is 17.0. The first-order valence-electron chi connectivity index (χ1n) is 17.0. The van der Waals surface area contributed by atoms with Gasteiger partial charge in [-0.05, 0) is 89.5 Å². The standard InChI is InChI=1S/C43H41N5O/c1-28(2)30-22-29(3)42(45-26-30)47-27-46(38-16-9-10-17-39(38)47)32-12-11-13-33(24-32)49-34-18-19-36-35-14-7-8-15-37(35)48(40(36)25-34)41-23-31(20-21-44-41)43(4,5)6/h7-26,28H,27H2,1-6H3. The van der Waals surface area contributed by atoms with Gasteiger partial charge in [0.2, 0.25) is 0 Å². The molecular weight excluding hydrogens is 603 g/mol. The average molecular weight is 644 g/mol. The van der Waals surface area contributed by atoms with Gasteiger partial charge < -0.3 is 14.5 Å². The summed E-state index contributed by atoms with van der Waals surface area (Å²) in [4.78, 5) is 14.4. The predicted octanol–water partition coefficient (Wildman–Crippen LogP) is 11.3. The zero-order valence-electron chi connectivity index (χ0n) is 29.0. The predicted molar refractivity (Wildman–Crippen MR) is 202 cm³/mol. The number of hydrogen-bond donors (Lipinski definition) is 0. The number of pyridine rings is 2. The van der Waals surface area contributed by atoms with E-state index < -0.39 is 0 Å². The monoisotopic (exact) mass is 643 g/mol. The van der Waals surface area contributed by atoms with Crippen LogP contribution in [0.1, 0.15) is 57.2 Å². The lowest BCUT2D eigenvalue weighted by Gasteiger charge is -2.23. The topological polar surface area (TPSA) is 46.4 Å². The lowest BCUT2D eigenvalue weighted by Crippen LogP contribution is -2.25. The van der Waals surface area contributed by atoms with Crippen molar-refractivity contribution in [2.45, 2.75) is 52.9 Å². The maximum atomic E-state index is 6.62. The van der Waals surface area contributed by atoms with Crippen LogP contribution in [0.2, 0.25) is 0 Å². The highest BCUT2D eigenvalue weighted by Crippen LogP contribution is 2.45. The summed E-state index contributed by atoms with van der Waals surface area (Å²) < 4.78 is 8.87. The van der Waals surface area contributed by atoms with E-state index in [1.54, 1.807) is 0 Å². The van der Waals surface area contributed by atoms with Crippen LogP contribution in [-0.2, 0) is 5.41 Å². The van der Waals surface area contributed by atoms with Crippen LogP contribution < -0.4 is 14.5 Å². The van der Waals surface area contributed by atoms with Crippen molar-refractivity contribution in [1.82, 2.24) is 14.5 Å². The van der Waals surface area contributed by atoms with E-state index in [9.17, 15) is 0 Å². The zero-order chi connectivity index (χ0) is 33.9. The Labute approximate surface area is 288 Å². The highest BCUT2D eigenvalue weighted by Gasteiger charge is 2.29. The maximum Gasteiger partial charge on any atom is 0.137 e. The van der Waals surface area contributed by atoms with Crippen LogP contribution >= 0.6 is 0 Å². The van der Waals surface area contributed by atoms with Gasteiger partial charge in [-0.15, -0.1) is 0 Å². The van der Waals surface area contributed by atoms with Gasteiger partial charge in [-0.1, -0.05) is 77.1 Å². The van der Waals surface area contributed by atoms with Crippen molar-refractivity contribution in [1.29, 1.82) is 0 Å². The van der Waals surface area contributed by atoms with Crippen molar-refractivity contribution in [2.24, 2.45) is 0 Å². The largest absolute Gasteiger partial charge is 0.457 e. The molecule has 0 amide bonds. The van der Waals surface area contributed by atoms with E-state index in [0.29, 0.717) is 12.6 Å². The molecule has 4 heterocycles. The van der Waals surface area contributed by atoms with Gasteiger partial charge in [0.1, 0.15) is 29.8 Å². The Kier molecular flexibility index (Phi) is 7.40. The van der Waals surface area contributed by atoms with Gasteiger partial charge in [0.15, 0.2) is 0 Å². The second kappa shape index (κ2) is 11.8. The summed E-state index contributed by atoms with van der Waals surface area (Å²) in [5, 5.41) is 2.36. The molecule has 7 aromatic rings. The molecule has 0 saturated carbocycles. The number of hydrogen-bond acceptors (Lipinski definition) is 5. The molecule has 0 fully saturated rings. The molecule has 4 aromatic carbocycles. The van der Waals surface area contributed by atoms with Gasteiger partial charge in [-0.3, -0.25) is 4.57 Å². The van der Waals surface area contributed by atoms with Crippen LogP contribution in [0.25, 0.3) is 27.6 Å². The Morgan fingerprint density at radius 3 is 2.20 bits per heavy atom. The molecule has 49 heavy (non-hydrogen) atoms. The second-order valence-corrected chi connectivity index (χ2v) is 14.3. The number of benzene rings is 4. The third-order valence-corrected chi connectivity index (χ3v) is 9.59. The summed E-state index contributed by atoms with van der Waals surface area (Å²) in [5.41, 5.74) is 9.21. The summed E-state index contributed by atoms with van der Waals surface area (Å²) in [6.07, 6.45) is 3.93. The lowest BCUT2D eigenvalue weighted by atomic mass is 9.88. The summed E-state index contributed by atoms with van der Waals surface area (Å²) >= 11 is 0. The molecule has 0 spiro atoms. The molecule has 3 aromatic heterocycles. The molecule has 8 rings (SSSR count). The average Bonchev–Trinajstić information content (AvgIpc) is 3.64. The maximum absolute atomic E-state index is 6.62. The fourth-order valence-corrected chi connectivity index (χ4v) is 6.92. The number of ether oxygens (including phenoxy) is 1. The summed E-state index contributed by atoms with van der Waals surface area (Å²) in [5.74, 6) is 3.87. The Morgan fingerprint density at radius 1 is 0.694 bits per heavy atom. The summed E-state index contributed by atoms with van der Waals surface area (Å²) in [6.45, 7) is 13.9. The van der Waals surface area contributed by atoms with Gasteiger partial charge in [-0.2, -0.15) is 0 Å². The fourth-order valence-electron chi connectivity index (χ4n) is 6.92. The van der Waals surface area contributed by atoms with Crippen molar-refractivity contribution in [3.8, 4) is 17.3 Å². The fraction of sp³-hybridized carbons (Fsp3) is 0.209. The van der Waals surface area contributed by atoms with E-state index >= 15 is 0 Å². The van der Waals surface area contributed by atoms with Crippen molar-refractivity contribution in [2.75, 3.05) is 16.5 Å². The van der Waals surface area contributed by atoms with E-state index in [1.165, 1.54) is 27.5 Å². The molecule has 0 saturated heterocycles. The van der Waals surface area contributed by atoms with E-state index in [0.717, 1.165) is 51.2 Å². The number of aryl methyl sites for hydroxylation is 1. The van der Waals surface area contributed by atoms with Crippen molar-refractivity contribution < 1.29 is 4.74 Å². The molecule has 1 aliphatic rings. The molecular formula is C43H41N5O. The number of rotatable bonds is 6. The highest BCUT2D eigenvalue weighted by atomic mass is 16.5. The van der Waals surface area contributed by atoms with E-state index in [1.807, 2.05) is 18.5 Å². The van der Waals surface area contributed by atoms with Gasteiger partial charge in [0, 0.05) is 41.0 Å². The lowest BCUT2D eigenvalue weighted by molar-refractivity contribution is 0.483. The van der Waals surface area contributed by atoms with Gasteiger partial charge >= 0.3 is 0 Å². The van der Waals surface area contributed by atoms with Gasteiger partial charge in [-0.25, -0.2) is 9.97 Å². The quantitative estimate of drug-likeness (QED) is 0.180. The third-order valence-electron chi connectivity index (χ3n) is 9.59. The Morgan fingerprint density at radius 2 is 1.43 bits per heavy atom. The van der Waals surface area contributed by atoms with Gasteiger partial charge in [0.25, 0.3) is 0 Å². The van der Waals surface area contributed by atoms with Crippen LogP contribution in [0.4, 0.5) is 22.9 Å². The van der Waals surface area contributed by atoms with E-state index in [2.05, 4.69) is 159 Å². The number of fused-ring (bicyclic) bond motifs is 4. The van der Waals surface area contributed by atoms with E-state index in [4.69, 9.17) is 14.7 Å². The molecule has 0 unspecified atom stereocenters. The molecule has 0 N–H and O–H groups in total. The summed E-state index contributed by atoms with van der Waals surface area (Å²) in [7, 11) is 0. The van der Waals surface area contributed by atoms with Crippen molar-refractivity contribution in [3.05, 3.63) is 138 Å². The SMILES string of the molecule is Cc1cc(C(C)C)cnc1N1CN(c2cccc(Oc3ccc4c5ccccc5n(-c5cc(C(C)(C)C)ccn5)c4c3)c2)c2ccccc21. The van der Waals surface area contributed by atoms with Crippen LogP contribution in [0.5, 0.6) is 11.5 Å². The summed E-state index contributed by atoms with van der Waals surface area (Å²) in [6, 6.07) is 38.4. The Hall–Kier alpha value is -5.62. The number of aromatic nitrogens is 3. The number of anilines is 4. The van der Waals surface area contributed by atoms with Crippen molar-refractivity contribution >= 4 is 44.7 Å². The van der Waals surface area contributed by atoms with Gasteiger partial charge in [0.05, 0.1) is 22.4 Å². The molecule has 6 nitrogen and oxygen atoms in total. The Balaban J connectivity index is 1.15. The van der Waals surface area contributed by atoms with Crippen molar-refractivity contribution in [3.63, 3.8) is 0 Å².